The molecule has 8 heteroatoms. The largest absolute Gasteiger partial charge is 0.481 e. The van der Waals surface area contributed by atoms with Crippen molar-refractivity contribution in [2.45, 2.75) is 24.7 Å². The summed E-state index contributed by atoms with van der Waals surface area (Å²) in [5.41, 5.74) is -2.97. The van der Waals surface area contributed by atoms with Gasteiger partial charge in [0.05, 0.1) is 17.5 Å². The van der Waals surface area contributed by atoms with Crippen molar-refractivity contribution in [1.82, 2.24) is 0 Å². The lowest BCUT2D eigenvalue weighted by Gasteiger charge is -2.20. The van der Waals surface area contributed by atoms with Gasteiger partial charge in [-0.3, -0.25) is 4.79 Å². The van der Waals surface area contributed by atoms with Crippen LogP contribution in [0.15, 0.2) is 48.5 Å². The summed E-state index contributed by atoms with van der Waals surface area (Å²) in [6, 6.07) is 8.74. The topological polar surface area (TPSA) is 37.3 Å². The minimum absolute atomic E-state index is 0.0202. The minimum atomic E-state index is -4.99. The third-order valence-electron chi connectivity index (χ3n) is 3.59. The quantitative estimate of drug-likeness (QED) is 0.747. The molecule has 0 spiro atoms. The standard InChI is InChI=1S/C17H12F6O2/c18-16(19,20)12-6-11(7-13(8-12)17(21,22)23)14(9-15(24)25)10-4-2-1-3-5-10/h1-8,14H,9H2,(H,24,25). The minimum Gasteiger partial charge on any atom is -0.481 e. The van der Waals surface area contributed by atoms with Gasteiger partial charge in [0.15, 0.2) is 0 Å². The number of carboxylic acids is 1. The van der Waals surface area contributed by atoms with Crippen LogP contribution in [0.5, 0.6) is 0 Å². The Morgan fingerprint density at radius 1 is 0.840 bits per heavy atom. The number of benzene rings is 2. The van der Waals surface area contributed by atoms with E-state index in [1.165, 1.54) is 24.3 Å². The number of aliphatic carboxylic acids is 1. The Labute approximate surface area is 138 Å². The van der Waals surface area contributed by atoms with Crippen LogP contribution in [0.3, 0.4) is 0 Å². The summed E-state index contributed by atoms with van der Waals surface area (Å²) in [5, 5.41) is 9.02. The van der Waals surface area contributed by atoms with Gasteiger partial charge in [0.2, 0.25) is 0 Å². The van der Waals surface area contributed by atoms with Crippen molar-refractivity contribution in [3.05, 3.63) is 70.8 Å². The van der Waals surface area contributed by atoms with Crippen LogP contribution in [0.4, 0.5) is 26.3 Å². The SMILES string of the molecule is O=C(O)CC(c1ccccc1)c1cc(C(F)(F)F)cc(C(F)(F)F)c1. The van der Waals surface area contributed by atoms with Gasteiger partial charge in [0.1, 0.15) is 0 Å². The van der Waals surface area contributed by atoms with E-state index < -0.39 is 41.8 Å². The molecule has 0 heterocycles. The molecule has 134 valence electrons. The Bertz CT molecular complexity index is 718. The first-order chi connectivity index (χ1) is 11.5. The van der Waals surface area contributed by atoms with Gasteiger partial charge in [-0.25, -0.2) is 0 Å². The van der Waals surface area contributed by atoms with Crippen molar-refractivity contribution in [1.29, 1.82) is 0 Å². The van der Waals surface area contributed by atoms with Crippen LogP contribution < -0.4 is 0 Å². The Hall–Kier alpha value is -2.51. The summed E-state index contributed by atoms with van der Waals surface area (Å²) in [6.07, 6.45) is -10.6. The number of halogens is 6. The zero-order valence-electron chi connectivity index (χ0n) is 12.5. The number of rotatable bonds is 4. The molecule has 0 amide bonds. The monoisotopic (exact) mass is 362 g/mol. The fourth-order valence-electron chi connectivity index (χ4n) is 2.47. The number of carbonyl (C=O) groups is 1. The van der Waals surface area contributed by atoms with E-state index in [9.17, 15) is 31.1 Å². The molecule has 0 aromatic heterocycles. The molecular formula is C17H12F6O2. The maximum Gasteiger partial charge on any atom is 0.416 e. The Morgan fingerprint density at radius 3 is 1.72 bits per heavy atom. The van der Waals surface area contributed by atoms with Crippen LogP contribution in [0.25, 0.3) is 0 Å². The average molecular weight is 362 g/mol. The molecule has 1 atom stereocenters. The van der Waals surface area contributed by atoms with Gasteiger partial charge in [-0.05, 0) is 29.3 Å². The molecule has 2 aromatic carbocycles. The van der Waals surface area contributed by atoms with Crippen LogP contribution in [0.1, 0.15) is 34.6 Å². The first-order valence-corrected chi connectivity index (χ1v) is 7.04. The molecule has 0 aliphatic rings. The van der Waals surface area contributed by atoms with E-state index in [1.807, 2.05) is 0 Å². The molecule has 0 fully saturated rings. The summed E-state index contributed by atoms with van der Waals surface area (Å²) in [7, 11) is 0. The van der Waals surface area contributed by atoms with Crippen molar-refractivity contribution in [3.8, 4) is 0 Å². The molecule has 2 rings (SSSR count). The first kappa shape index (κ1) is 18.8. The molecule has 1 unspecified atom stereocenters. The second kappa shape index (κ2) is 6.78. The molecule has 25 heavy (non-hydrogen) atoms. The molecule has 0 radical (unpaired) electrons. The highest BCUT2D eigenvalue weighted by Gasteiger charge is 2.37. The summed E-state index contributed by atoms with van der Waals surface area (Å²) in [6.45, 7) is 0. The van der Waals surface area contributed by atoms with Gasteiger partial charge in [0, 0.05) is 5.92 Å². The molecule has 2 nitrogen and oxygen atoms in total. The summed E-state index contributed by atoms with van der Waals surface area (Å²) >= 11 is 0. The van der Waals surface area contributed by atoms with Crippen LogP contribution in [0.2, 0.25) is 0 Å². The predicted octanol–water partition coefficient (Wildman–Crippen LogP) is 5.33. The average Bonchev–Trinajstić information content (AvgIpc) is 2.51. The van der Waals surface area contributed by atoms with Crippen molar-refractivity contribution >= 4 is 5.97 Å². The number of hydrogen-bond acceptors (Lipinski definition) is 1. The molecule has 0 bridgehead atoms. The zero-order chi connectivity index (χ0) is 18.8. The van der Waals surface area contributed by atoms with E-state index in [-0.39, 0.29) is 11.6 Å². The summed E-state index contributed by atoms with van der Waals surface area (Å²) in [4.78, 5) is 11.1. The van der Waals surface area contributed by atoms with Gasteiger partial charge in [-0.2, -0.15) is 26.3 Å². The smallest absolute Gasteiger partial charge is 0.416 e. The summed E-state index contributed by atoms with van der Waals surface area (Å²) in [5.74, 6) is -2.47. The van der Waals surface area contributed by atoms with E-state index in [1.54, 1.807) is 6.07 Å². The second-order valence-corrected chi connectivity index (χ2v) is 5.40. The number of hydrogen-bond donors (Lipinski definition) is 1. The lowest BCUT2D eigenvalue weighted by Crippen LogP contribution is -2.15. The number of alkyl halides is 6. The molecule has 1 N–H and O–H groups in total. The third-order valence-corrected chi connectivity index (χ3v) is 3.59. The number of carboxylic acid groups (broad SMARTS) is 1. The normalized spacial score (nSPS) is 13.5. The van der Waals surface area contributed by atoms with E-state index in [0.717, 1.165) is 0 Å². The van der Waals surface area contributed by atoms with E-state index in [4.69, 9.17) is 5.11 Å². The highest BCUT2D eigenvalue weighted by molar-refractivity contribution is 5.69. The predicted molar refractivity (Wildman–Crippen MR) is 77.0 cm³/mol. The zero-order valence-corrected chi connectivity index (χ0v) is 12.5. The Balaban J connectivity index is 2.65. The van der Waals surface area contributed by atoms with E-state index >= 15 is 0 Å². The maximum atomic E-state index is 13.0. The highest BCUT2D eigenvalue weighted by atomic mass is 19.4. The molecule has 0 aliphatic carbocycles. The molecule has 0 saturated carbocycles. The van der Waals surface area contributed by atoms with Crippen LogP contribution in [0, 0.1) is 0 Å². The van der Waals surface area contributed by atoms with Crippen molar-refractivity contribution in [3.63, 3.8) is 0 Å². The van der Waals surface area contributed by atoms with Crippen molar-refractivity contribution in [2.24, 2.45) is 0 Å². The second-order valence-electron chi connectivity index (χ2n) is 5.40. The van der Waals surface area contributed by atoms with Gasteiger partial charge in [-0.1, -0.05) is 30.3 Å². The third kappa shape index (κ3) is 4.74. The van der Waals surface area contributed by atoms with Gasteiger partial charge in [0.25, 0.3) is 0 Å². The molecule has 0 saturated heterocycles. The molecule has 0 aliphatic heterocycles. The lowest BCUT2D eigenvalue weighted by atomic mass is 9.86. The highest BCUT2D eigenvalue weighted by Crippen LogP contribution is 2.39. The van der Waals surface area contributed by atoms with Crippen LogP contribution in [-0.4, -0.2) is 11.1 Å². The van der Waals surface area contributed by atoms with Gasteiger partial charge < -0.3 is 5.11 Å². The Morgan fingerprint density at radius 2 is 1.32 bits per heavy atom. The van der Waals surface area contributed by atoms with E-state index in [2.05, 4.69) is 0 Å². The molecule has 2 aromatic rings. The van der Waals surface area contributed by atoms with Gasteiger partial charge in [-0.15, -0.1) is 0 Å². The fourth-order valence-corrected chi connectivity index (χ4v) is 2.47. The van der Waals surface area contributed by atoms with E-state index in [0.29, 0.717) is 17.7 Å². The van der Waals surface area contributed by atoms with Crippen LogP contribution >= 0.6 is 0 Å². The Kier molecular flexibility index (Phi) is 5.10. The first-order valence-electron chi connectivity index (χ1n) is 7.04. The lowest BCUT2D eigenvalue weighted by molar-refractivity contribution is -0.143. The molecular weight excluding hydrogens is 350 g/mol. The van der Waals surface area contributed by atoms with Crippen molar-refractivity contribution in [2.75, 3.05) is 0 Å². The van der Waals surface area contributed by atoms with Crippen LogP contribution in [-0.2, 0) is 17.1 Å². The summed E-state index contributed by atoms with van der Waals surface area (Å²) < 4.78 is 77.9. The van der Waals surface area contributed by atoms with Gasteiger partial charge >= 0.3 is 18.3 Å². The fraction of sp³-hybridized carbons (Fsp3) is 0.235. The van der Waals surface area contributed by atoms with Crippen molar-refractivity contribution < 1.29 is 36.2 Å². The maximum absolute atomic E-state index is 13.0.